The molecule has 0 saturated heterocycles. The van der Waals surface area contributed by atoms with Gasteiger partial charge in [-0.05, 0) is 58.2 Å². The molecule has 0 bridgehead atoms. The number of sulfone groups is 1. The number of carbonyl (C=O) groups is 1. The third kappa shape index (κ3) is 9.45. The van der Waals surface area contributed by atoms with Gasteiger partial charge in [-0.1, -0.05) is 41.4 Å². The molecule has 1 amide bonds. The summed E-state index contributed by atoms with van der Waals surface area (Å²) in [7, 11) is -4.53. The normalized spacial score (nSPS) is 14.6. The lowest BCUT2D eigenvalue weighted by molar-refractivity contribution is -0.139. The van der Waals surface area contributed by atoms with Crippen LogP contribution in [0, 0.1) is 5.82 Å². The highest BCUT2D eigenvalue weighted by atomic mass is 79.9. The van der Waals surface area contributed by atoms with Gasteiger partial charge in [-0.15, -0.1) is 0 Å². The molecular formula is C22H17BrCl2F7NO3S. The number of nitrogens with one attached hydrogen (secondary N) is 1. The maximum absolute atomic E-state index is 13.7. The zero-order valence-corrected chi connectivity index (χ0v) is 22.4. The highest BCUT2D eigenvalue weighted by molar-refractivity contribution is 9.10. The zero-order chi connectivity index (χ0) is 28.3. The van der Waals surface area contributed by atoms with E-state index in [0.717, 1.165) is 24.3 Å². The summed E-state index contributed by atoms with van der Waals surface area (Å²) >= 11 is 14.3. The maximum Gasteiger partial charge on any atom is 0.402 e. The third-order valence-corrected chi connectivity index (χ3v) is 7.68. The molecule has 0 aliphatic carbocycles. The van der Waals surface area contributed by atoms with Crippen LogP contribution in [0.4, 0.5) is 30.7 Å². The van der Waals surface area contributed by atoms with E-state index in [4.69, 9.17) is 23.2 Å². The van der Waals surface area contributed by atoms with Gasteiger partial charge >= 0.3 is 12.4 Å². The Morgan fingerprint density at radius 3 is 2.14 bits per heavy atom. The smallest absolute Gasteiger partial charge is 0.349 e. The number of carbonyl (C=O) groups excluding carboxylic acids is 1. The van der Waals surface area contributed by atoms with Gasteiger partial charge in [0.2, 0.25) is 0 Å². The zero-order valence-electron chi connectivity index (χ0n) is 18.5. The molecular weight excluding hydrogens is 642 g/mol. The van der Waals surface area contributed by atoms with Crippen LogP contribution < -0.4 is 5.32 Å². The van der Waals surface area contributed by atoms with Crippen molar-refractivity contribution in [3.05, 3.63) is 73.4 Å². The molecule has 1 N–H and O–H groups in total. The molecule has 1 unspecified atom stereocenters. The van der Waals surface area contributed by atoms with Gasteiger partial charge in [0.1, 0.15) is 5.75 Å². The molecule has 4 nitrogen and oxygen atoms in total. The van der Waals surface area contributed by atoms with Gasteiger partial charge in [-0.3, -0.25) is 4.79 Å². The van der Waals surface area contributed by atoms with Crippen LogP contribution in [0.3, 0.4) is 0 Å². The molecule has 0 aromatic heterocycles. The van der Waals surface area contributed by atoms with Crippen molar-refractivity contribution in [2.75, 3.05) is 11.5 Å². The lowest BCUT2D eigenvalue weighted by Crippen LogP contribution is -2.39. The molecule has 0 fully saturated rings. The minimum absolute atomic E-state index is 0.0401. The Morgan fingerprint density at radius 2 is 1.65 bits per heavy atom. The quantitative estimate of drug-likeness (QED) is 0.238. The molecule has 0 radical (unpaired) electrons. The van der Waals surface area contributed by atoms with Crippen molar-refractivity contribution in [1.82, 2.24) is 5.32 Å². The summed E-state index contributed by atoms with van der Waals surface area (Å²) in [5.74, 6) is -7.04. The Labute approximate surface area is 225 Å². The molecule has 0 aliphatic heterocycles. The Bertz CT molecular complexity index is 1280. The number of hydrogen-bond donors (Lipinski definition) is 1. The SMILES string of the molecule is C[C@H](CS(=O)(=O)CC(F)(F)F)NC(=O)c1ccc(/C=C/C(c2cc(Cl)c(F)c(Cl)c2)C(F)(F)F)cc1Br. The van der Waals surface area contributed by atoms with Gasteiger partial charge in [0.05, 0.1) is 27.3 Å². The summed E-state index contributed by atoms with van der Waals surface area (Å²) in [6.07, 6.45) is -7.81. The predicted molar refractivity (Wildman–Crippen MR) is 130 cm³/mol. The van der Waals surface area contributed by atoms with Crippen LogP contribution in [0.2, 0.25) is 10.0 Å². The van der Waals surface area contributed by atoms with Crippen LogP contribution in [-0.4, -0.2) is 44.2 Å². The van der Waals surface area contributed by atoms with Crippen molar-refractivity contribution in [2.45, 2.75) is 31.2 Å². The number of halogens is 10. The van der Waals surface area contributed by atoms with Crippen LogP contribution >= 0.6 is 39.1 Å². The summed E-state index contributed by atoms with van der Waals surface area (Å²) < 4.78 is 115. The summed E-state index contributed by atoms with van der Waals surface area (Å²) in [5, 5.41) is 1.11. The largest absolute Gasteiger partial charge is 0.402 e. The molecule has 0 aliphatic rings. The Kier molecular flexibility index (Phi) is 10.1. The first-order chi connectivity index (χ1) is 16.8. The van der Waals surface area contributed by atoms with E-state index in [-0.39, 0.29) is 15.6 Å². The summed E-state index contributed by atoms with van der Waals surface area (Å²) in [5.41, 5.74) is -0.218. The Balaban J connectivity index is 2.21. The van der Waals surface area contributed by atoms with E-state index in [1.807, 2.05) is 0 Å². The molecule has 0 saturated carbocycles. The van der Waals surface area contributed by atoms with Crippen molar-refractivity contribution >= 4 is 61.0 Å². The molecule has 2 aromatic carbocycles. The Morgan fingerprint density at radius 1 is 1.08 bits per heavy atom. The van der Waals surface area contributed by atoms with E-state index < -0.39 is 73.0 Å². The predicted octanol–water partition coefficient (Wildman–Crippen LogP) is 7.35. The topological polar surface area (TPSA) is 63.2 Å². The maximum atomic E-state index is 13.7. The fourth-order valence-electron chi connectivity index (χ4n) is 3.22. The molecule has 0 heterocycles. The molecule has 2 aromatic rings. The standard InChI is InChI=1S/C22H17BrCl2F7NO3S/c1-11(9-37(35,36)10-21(27,28)29)33-20(34)14-4-2-12(6-16(14)23)3-5-15(22(30,31)32)13-7-17(24)19(26)18(25)8-13/h2-8,11,15H,9-10H2,1H3,(H,33,34)/b5-3+/t11-,15?/m1/s1. The highest BCUT2D eigenvalue weighted by Crippen LogP contribution is 2.39. The molecule has 2 atom stereocenters. The van der Waals surface area contributed by atoms with Gasteiger partial charge in [0.25, 0.3) is 5.91 Å². The Hall–Kier alpha value is -1.83. The lowest BCUT2D eigenvalue weighted by atomic mass is 9.96. The number of hydrogen-bond acceptors (Lipinski definition) is 3. The van der Waals surface area contributed by atoms with Crippen LogP contribution in [0.25, 0.3) is 6.08 Å². The first-order valence-corrected chi connectivity index (χ1v) is 13.4. The number of benzene rings is 2. The summed E-state index contributed by atoms with van der Waals surface area (Å²) in [6, 6.07) is 4.28. The molecule has 2 rings (SSSR count). The van der Waals surface area contributed by atoms with Crippen molar-refractivity contribution < 1.29 is 43.9 Å². The van der Waals surface area contributed by atoms with Crippen LogP contribution in [0.5, 0.6) is 0 Å². The van der Waals surface area contributed by atoms with E-state index in [2.05, 4.69) is 21.2 Å². The number of alkyl halides is 6. The minimum Gasteiger partial charge on any atom is -0.349 e. The second kappa shape index (κ2) is 11.9. The second-order valence-corrected chi connectivity index (χ2v) is 11.7. The van der Waals surface area contributed by atoms with E-state index in [1.54, 1.807) is 0 Å². The van der Waals surface area contributed by atoms with Crippen LogP contribution in [0.1, 0.15) is 34.3 Å². The van der Waals surface area contributed by atoms with E-state index in [0.29, 0.717) is 0 Å². The number of amides is 1. The first-order valence-electron chi connectivity index (χ1n) is 10.1. The van der Waals surface area contributed by atoms with Crippen molar-refractivity contribution in [3.63, 3.8) is 0 Å². The van der Waals surface area contributed by atoms with E-state index >= 15 is 0 Å². The molecule has 204 valence electrons. The van der Waals surface area contributed by atoms with Gasteiger partial charge in [-0.25, -0.2) is 12.8 Å². The van der Waals surface area contributed by atoms with E-state index in [1.165, 1.54) is 25.1 Å². The molecule has 37 heavy (non-hydrogen) atoms. The van der Waals surface area contributed by atoms with Crippen molar-refractivity contribution in [2.24, 2.45) is 0 Å². The fraction of sp³-hybridized carbons (Fsp3) is 0.318. The second-order valence-electron chi connectivity index (χ2n) is 7.96. The number of allylic oxidation sites excluding steroid dienone is 1. The first kappa shape index (κ1) is 31.4. The lowest BCUT2D eigenvalue weighted by Gasteiger charge is -2.18. The van der Waals surface area contributed by atoms with Crippen LogP contribution in [0.15, 0.2) is 40.9 Å². The average molecular weight is 659 g/mol. The fourth-order valence-corrected chi connectivity index (χ4v) is 5.76. The van der Waals surface area contributed by atoms with E-state index in [9.17, 15) is 43.9 Å². The summed E-state index contributed by atoms with van der Waals surface area (Å²) in [6.45, 7) is 1.21. The molecule has 0 spiro atoms. The van der Waals surface area contributed by atoms with Gasteiger partial charge in [-0.2, -0.15) is 26.3 Å². The van der Waals surface area contributed by atoms with Gasteiger partial charge < -0.3 is 5.32 Å². The summed E-state index contributed by atoms with van der Waals surface area (Å²) in [4.78, 5) is 12.5. The monoisotopic (exact) mass is 657 g/mol. The van der Waals surface area contributed by atoms with Gasteiger partial charge in [0, 0.05) is 10.5 Å². The van der Waals surface area contributed by atoms with Crippen LogP contribution in [-0.2, 0) is 9.84 Å². The highest BCUT2D eigenvalue weighted by Gasteiger charge is 2.39. The molecule has 15 heteroatoms. The van der Waals surface area contributed by atoms with Gasteiger partial charge in [0.15, 0.2) is 15.7 Å². The average Bonchev–Trinajstić information content (AvgIpc) is 2.68. The van der Waals surface area contributed by atoms with Crippen molar-refractivity contribution in [1.29, 1.82) is 0 Å². The minimum atomic E-state index is -4.92. The third-order valence-electron chi connectivity index (χ3n) is 4.70. The number of rotatable bonds is 8. The van der Waals surface area contributed by atoms with Crippen molar-refractivity contribution in [3.8, 4) is 0 Å².